The smallest absolute Gasteiger partial charge is 0.256 e. The topological polar surface area (TPSA) is 62.3 Å². The van der Waals surface area contributed by atoms with Gasteiger partial charge in [-0.2, -0.15) is 0 Å². The summed E-state index contributed by atoms with van der Waals surface area (Å²) in [5.41, 5.74) is 0.949. The minimum Gasteiger partial charge on any atom is -0.355 e. The van der Waals surface area contributed by atoms with Crippen LogP contribution in [0.3, 0.4) is 0 Å². The molecule has 2 heterocycles. The van der Waals surface area contributed by atoms with Crippen LogP contribution < -0.4 is 5.32 Å². The Balaban J connectivity index is 1.27. The summed E-state index contributed by atoms with van der Waals surface area (Å²) in [6.07, 6.45) is 4.84. The lowest BCUT2D eigenvalue weighted by molar-refractivity contribution is -0.123. The summed E-state index contributed by atoms with van der Waals surface area (Å²) in [6.45, 7) is 1.63. The van der Waals surface area contributed by atoms with Gasteiger partial charge < -0.3 is 10.2 Å². The Kier molecular flexibility index (Phi) is 5.54. The highest BCUT2D eigenvalue weighted by molar-refractivity contribution is 6.31. The summed E-state index contributed by atoms with van der Waals surface area (Å²) in [5.74, 6) is -0.916. The predicted molar refractivity (Wildman–Crippen MR) is 108 cm³/mol. The van der Waals surface area contributed by atoms with Gasteiger partial charge in [0.25, 0.3) is 5.91 Å². The van der Waals surface area contributed by atoms with E-state index in [0.29, 0.717) is 26.1 Å². The van der Waals surface area contributed by atoms with Crippen molar-refractivity contribution < 1.29 is 14.0 Å². The molecule has 152 valence electrons. The number of halogens is 2. The Hall–Kier alpha value is -2.47. The summed E-state index contributed by atoms with van der Waals surface area (Å²) < 4.78 is 14.1. The highest BCUT2D eigenvalue weighted by atomic mass is 35.5. The van der Waals surface area contributed by atoms with E-state index in [1.54, 1.807) is 17.2 Å². The van der Waals surface area contributed by atoms with Crippen molar-refractivity contribution in [2.75, 3.05) is 19.6 Å². The van der Waals surface area contributed by atoms with E-state index < -0.39 is 5.82 Å². The molecule has 1 spiro atoms. The Morgan fingerprint density at radius 2 is 2.00 bits per heavy atom. The number of hydrogen-bond donors (Lipinski definition) is 1. The van der Waals surface area contributed by atoms with Crippen molar-refractivity contribution in [3.63, 3.8) is 0 Å². The maximum absolute atomic E-state index is 14.1. The zero-order chi connectivity index (χ0) is 20.4. The lowest BCUT2D eigenvalue weighted by Gasteiger charge is -2.33. The summed E-state index contributed by atoms with van der Waals surface area (Å²) in [4.78, 5) is 31.1. The van der Waals surface area contributed by atoms with Crippen molar-refractivity contribution in [1.82, 2.24) is 15.2 Å². The second kappa shape index (κ2) is 8.11. The Labute approximate surface area is 174 Å². The quantitative estimate of drug-likeness (QED) is 0.813. The molecule has 2 aromatic rings. The van der Waals surface area contributed by atoms with Gasteiger partial charge in [-0.15, -0.1) is 0 Å². The summed E-state index contributed by atoms with van der Waals surface area (Å²) in [5, 5.41) is 2.97. The SMILES string of the molecule is O=C(NCCc1ccccn1)C1CC12CCN(C(=O)c1cccc(Cl)c1F)CC2. The Morgan fingerprint density at radius 1 is 1.21 bits per heavy atom. The van der Waals surface area contributed by atoms with Crippen LogP contribution in [-0.2, 0) is 11.2 Å². The van der Waals surface area contributed by atoms with Crippen LogP contribution in [0.5, 0.6) is 0 Å². The first-order chi connectivity index (χ1) is 14.0. The minimum atomic E-state index is -0.670. The molecule has 0 bridgehead atoms. The van der Waals surface area contributed by atoms with Crippen molar-refractivity contribution in [3.05, 3.63) is 64.7 Å². The maximum Gasteiger partial charge on any atom is 0.256 e. The van der Waals surface area contributed by atoms with Gasteiger partial charge >= 0.3 is 0 Å². The fourth-order valence-corrected chi connectivity index (χ4v) is 4.42. The minimum absolute atomic E-state index is 0.00592. The molecule has 0 radical (unpaired) electrons. The molecule has 4 rings (SSSR count). The zero-order valence-corrected chi connectivity index (χ0v) is 16.8. The van der Waals surface area contributed by atoms with Gasteiger partial charge in [0.2, 0.25) is 5.91 Å². The van der Waals surface area contributed by atoms with E-state index in [9.17, 15) is 14.0 Å². The van der Waals surface area contributed by atoms with Crippen LogP contribution in [0.2, 0.25) is 5.02 Å². The number of likely N-dealkylation sites (tertiary alicyclic amines) is 1. The normalized spacial score (nSPS) is 19.8. The van der Waals surface area contributed by atoms with Gasteiger partial charge in [-0.05, 0) is 48.9 Å². The number of carbonyl (C=O) groups excluding carboxylic acids is 2. The van der Waals surface area contributed by atoms with Gasteiger partial charge in [0.1, 0.15) is 0 Å². The lowest BCUT2D eigenvalue weighted by Crippen LogP contribution is -2.41. The van der Waals surface area contributed by atoms with E-state index in [2.05, 4.69) is 10.3 Å². The average Bonchev–Trinajstić information content (AvgIpc) is 3.44. The summed E-state index contributed by atoms with van der Waals surface area (Å²) in [6, 6.07) is 10.2. The number of amides is 2. The average molecular weight is 416 g/mol. The highest BCUT2D eigenvalue weighted by Gasteiger charge is 2.58. The zero-order valence-electron chi connectivity index (χ0n) is 16.0. The fraction of sp³-hybridized carbons (Fsp3) is 0.409. The van der Waals surface area contributed by atoms with Crippen LogP contribution in [-0.4, -0.2) is 41.3 Å². The van der Waals surface area contributed by atoms with Crippen LogP contribution >= 0.6 is 11.6 Å². The molecule has 1 aromatic heterocycles. The van der Waals surface area contributed by atoms with Crippen LogP contribution in [0.1, 0.15) is 35.3 Å². The standard InChI is InChI=1S/C22H23ClFN3O2/c23-18-6-3-5-16(19(18)24)21(29)27-12-8-22(9-13-27)14-17(22)20(28)26-11-7-15-4-1-2-10-25-15/h1-6,10,17H,7-9,11-14H2,(H,26,28). The van der Waals surface area contributed by atoms with Crippen molar-refractivity contribution in [1.29, 1.82) is 0 Å². The number of nitrogens with zero attached hydrogens (tertiary/aromatic N) is 2. The van der Waals surface area contributed by atoms with Crippen molar-refractivity contribution in [2.24, 2.45) is 11.3 Å². The molecule has 5 nitrogen and oxygen atoms in total. The third-order valence-electron chi connectivity index (χ3n) is 6.14. The highest BCUT2D eigenvalue weighted by Crippen LogP contribution is 2.59. The Bertz CT molecular complexity index is 914. The lowest BCUT2D eigenvalue weighted by atomic mass is 9.90. The molecule has 1 atom stereocenters. The number of benzene rings is 1. The summed E-state index contributed by atoms with van der Waals surface area (Å²) in [7, 11) is 0. The van der Waals surface area contributed by atoms with Gasteiger partial charge in [0.15, 0.2) is 5.82 Å². The molecule has 2 aliphatic rings. The second-order valence-electron chi connectivity index (χ2n) is 7.87. The largest absolute Gasteiger partial charge is 0.355 e. The third-order valence-corrected chi connectivity index (χ3v) is 6.43. The molecule has 2 fully saturated rings. The first kappa shape index (κ1) is 19.8. The van der Waals surface area contributed by atoms with Gasteiger partial charge in [0, 0.05) is 43.9 Å². The molecule has 1 N–H and O–H groups in total. The Morgan fingerprint density at radius 3 is 2.72 bits per heavy atom. The van der Waals surface area contributed by atoms with Crippen molar-refractivity contribution >= 4 is 23.4 Å². The number of pyridine rings is 1. The number of piperidine rings is 1. The maximum atomic E-state index is 14.1. The molecule has 2 amide bonds. The van der Waals surface area contributed by atoms with Crippen LogP contribution in [0, 0.1) is 17.2 Å². The molecule has 1 aliphatic heterocycles. The molecule has 1 aliphatic carbocycles. The van der Waals surface area contributed by atoms with Crippen LogP contribution in [0.25, 0.3) is 0 Å². The number of nitrogens with one attached hydrogen (secondary N) is 1. The molecule has 1 saturated heterocycles. The molecule has 7 heteroatoms. The first-order valence-corrected chi connectivity index (χ1v) is 10.3. The van der Waals surface area contributed by atoms with Gasteiger partial charge in [-0.1, -0.05) is 23.7 Å². The molecular weight excluding hydrogens is 393 g/mol. The van der Waals surface area contributed by atoms with E-state index >= 15 is 0 Å². The number of rotatable bonds is 5. The van der Waals surface area contributed by atoms with E-state index in [1.165, 1.54) is 12.1 Å². The number of carbonyl (C=O) groups is 2. The van der Waals surface area contributed by atoms with Crippen molar-refractivity contribution in [3.8, 4) is 0 Å². The van der Waals surface area contributed by atoms with E-state index in [4.69, 9.17) is 11.6 Å². The van der Waals surface area contributed by atoms with Crippen LogP contribution in [0.4, 0.5) is 4.39 Å². The van der Waals surface area contributed by atoms with Crippen LogP contribution in [0.15, 0.2) is 42.6 Å². The first-order valence-electron chi connectivity index (χ1n) is 9.91. The van der Waals surface area contributed by atoms with E-state index in [1.807, 2.05) is 18.2 Å². The van der Waals surface area contributed by atoms with Gasteiger partial charge in [-0.25, -0.2) is 4.39 Å². The molecule has 1 aromatic carbocycles. The summed E-state index contributed by atoms with van der Waals surface area (Å²) >= 11 is 5.79. The fourth-order valence-electron chi connectivity index (χ4n) is 4.25. The van der Waals surface area contributed by atoms with E-state index in [-0.39, 0.29) is 33.7 Å². The van der Waals surface area contributed by atoms with E-state index in [0.717, 1.165) is 25.0 Å². The third kappa shape index (κ3) is 4.13. The predicted octanol–water partition coefficient (Wildman–Crippen LogP) is 3.48. The molecule has 1 unspecified atom stereocenters. The number of hydrogen-bond acceptors (Lipinski definition) is 3. The molecule has 1 saturated carbocycles. The van der Waals surface area contributed by atoms with Gasteiger partial charge in [-0.3, -0.25) is 14.6 Å². The second-order valence-corrected chi connectivity index (χ2v) is 8.28. The number of aromatic nitrogens is 1. The molecule has 29 heavy (non-hydrogen) atoms. The van der Waals surface area contributed by atoms with Crippen molar-refractivity contribution in [2.45, 2.75) is 25.7 Å². The van der Waals surface area contributed by atoms with Gasteiger partial charge in [0.05, 0.1) is 10.6 Å². The monoisotopic (exact) mass is 415 g/mol. The molecular formula is C22H23ClFN3O2.